The number of hydrogen-bond acceptors (Lipinski definition) is 3. The summed E-state index contributed by atoms with van der Waals surface area (Å²) in [5, 5.41) is 4.53. The zero-order chi connectivity index (χ0) is 21.6. The molecule has 0 bridgehead atoms. The van der Waals surface area contributed by atoms with E-state index in [0.29, 0.717) is 26.7 Å². The van der Waals surface area contributed by atoms with E-state index in [1.807, 2.05) is 40.8 Å². The van der Waals surface area contributed by atoms with Gasteiger partial charge in [-0.3, -0.25) is 0 Å². The summed E-state index contributed by atoms with van der Waals surface area (Å²) in [5.74, 6) is 0. The van der Waals surface area contributed by atoms with Gasteiger partial charge in [-0.25, -0.2) is 0 Å². The predicted molar refractivity (Wildman–Crippen MR) is 124 cm³/mol. The van der Waals surface area contributed by atoms with Gasteiger partial charge in [-0.15, -0.1) is 0 Å². The molecule has 2 aromatic rings. The molecule has 1 aliphatic carbocycles. The number of ether oxygens (including phenoxy) is 1. The number of benzene rings is 1. The van der Waals surface area contributed by atoms with Gasteiger partial charge in [0, 0.05) is 28.6 Å². The minimum atomic E-state index is -4.23. The van der Waals surface area contributed by atoms with Crippen LogP contribution in [0.15, 0.2) is 24.3 Å². The van der Waals surface area contributed by atoms with Gasteiger partial charge in [0.2, 0.25) is 0 Å². The maximum atomic E-state index is 13.0. The standard InChI is InChI=1S/C23H29F3IN3O/c24-23(25,26)13-30-20-3-1-2-19(18(20)12-21(30)27)28-16-4-6-17(7-5-16)29-10-8-22(9-11-29)14-31-15-22/h1-3,12,16-17,28H,4-11,13-15H2/t16-,17-. The van der Waals surface area contributed by atoms with Gasteiger partial charge in [-0.2, -0.15) is 13.2 Å². The number of nitrogens with zero attached hydrogens (tertiary/aromatic N) is 2. The fourth-order valence-electron chi connectivity index (χ4n) is 5.57. The monoisotopic (exact) mass is 547 g/mol. The molecule has 1 N–H and O–H groups in total. The fourth-order valence-corrected chi connectivity index (χ4v) is 6.31. The van der Waals surface area contributed by atoms with E-state index in [2.05, 4.69) is 10.2 Å². The molecule has 0 radical (unpaired) electrons. The van der Waals surface area contributed by atoms with Crippen LogP contribution < -0.4 is 5.32 Å². The van der Waals surface area contributed by atoms with Gasteiger partial charge in [0.05, 0.1) is 22.4 Å². The first-order valence-corrected chi connectivity index (χ1v) is 12.3. The van der Waals surface area contributed by atoms with E-state index >= 15 is 0 Å². The van der Waals surface area contributed by atoms with Crippen LogP contribution in [0.4, 0.5) is 18.9 Å². The van der Waals surface area contributed by atoms with Gasteiger partial charge in [0.15, 0.2) is 0 Å². The Labute approximate surface area is 194 Å². The van der Waals surface area contributed by atoms with E-state index in [0.717, 1.165) is 37.1 Å². The highest BCUT2D eigenvalue weighted by Gasteiger charge is 2.42. The molecule has 170 valence electrons. The molecule has 3 heterocycles. The second-order valence-corrected chi connectivity index (χ2v) is 10.7. The summed E-state index contributed by atoms with van der Waals surface area (Å²) < 4.78 is 46.4. The first-order chi connectivity index (χ1) is 14.8. The summed E-state index contributed by atoms with van der Waals surface area (Å²) in [6, 6.07) is 8.54. The van der Waals surface area contributed by atoms with Gasteiger partial charge in [-0.05, 0) is 92.4 Å². The lowest BCUT2D eigenvalue weighted by Gasteiger charge is -2.49. The largest absolute Gasteiger partial charge is 0.406 e. The van der Waals surface area contributed by atoms with Crippen molar-refractivity contribution in [2.75, 3.05) is 31.6 Å². The highest BCUT2D eigenvalue weighted by molar-refractivity contribution is 14.1. The zero-order valence-electron chi connectivity index (χ0n) is 17.6. The second-order valence-electron chi connectivity index (χ2n) is 9.59. The third kappa shape index (κ3) is 4.57. The summed E-state index contributed by atoms with van der Waals surface area (Å²) in [6.45, 7) is 3.33. The summed E-state index contributed by atoms with van der Waals surface area (Å²) >= 11 is 2.00. The molecule has 1 aromatic heterocycles. The molecule has 8 heteroatoms. The SMILES string of the molecule is FC(F)(F)Cn1c(I)cc2c(N[C@H]3CC[C@H](N4CCC5(CC4)COC5)CC3)cccc21. The molecule has 31 heavy (non-hydrogen) atoms. The van der Waals surface area contributed by atoms with Crippen LogP contribution in [0.1, 0.15) is 38.5 Å². The predicted octanol–water partition coefficient (Wildman–Crippen LogP) is 5.64. The van der Waals surface area contributed by atoms with Crippen LogP contribution >= 0.6 is 22.6 Å². The molecule has 1 saturated carbocycles. The topological polar surface area (TPSA) is 29.4 Å². The molecular formula is C23H29F3IN3O. The normalized spacial score (nSPS) is 26.8. The number of rotatable bonds is 4. The Morgan fingerprint density at radius 3 is 2.42 bits per heavy atom. The van der Waals surface area contributed by atoms with Crippen molar-refractivity contribution >= 4 is 39.2 Å². The van der Waals surface area contributed by atoms with Crippen molar-refractivity contribution in [3.05, 3.63) is 28.0 Å². The number of nitrogens with one attached hydrogen (secondary N) is 1. The number of likely N-dealkylation sites (tertiary alicyclic amines) is 1. The Kier molecular flexibility index (Phi) is 5.92. The molecule has 5 rings (SSSR count). The summed E-state index contributed by atoms with van der Waals surface area (Å²) in [5.41, 5.74) is 2.07. The molecule has 4 nitrogen and oxygen atoms in total. The molecule has 1 aromatic carbocycles. The van der Waals surface area contributed by atoms with Crippen LogP contribution in [0, 0.1) is 9.12 Å². The Balaban J connectivity index is 1.21. The van der Waals surface area contributed by atoms with E-state index in [1.165, 1.54) is 43.3 Å². The lowest BCUT2D eigenvalue weighted by atomic mass is 9.76. The number of halogens is 4. The van der Waals surface area contributed by atoms with Gasteiger partial charge >= 0.3 is 6.18 Å². The molecule has 3 aliphatic rings. The quantitative estimate of drug-likeness (QED) is 0.503. The highest BCUT2D eigenvalue weighted by Crippen LogP contribution is 2.40. The number of fused-ring (bicyclic) bond motifs is 1. The van der Waals surface area contributed by atoms with Crippen LogP contribution in [-0.4, -0.2) is 54.0 Å². The van der Waals surface area contributed by atoms with Crippen molar-refractivity contribution in [1.29, 1.82) is 0 Å². The van der Waals surface area contributed by atoms with E-state index in [-0.39, 0.29) is 0 Å². The van der Waals surface area contributed by atoms with E-state index in [4.69, 9.17) is 4.74 Å². The van der Waals surface area contributed by atoms with Crippen molar-refractivity contribution < 1.29 is 17.9 Å². The van der Waals surface area contributed by atoms with E-state index in [9.17, 15) is 13.2 Å². The van der Waals surface area contributed by atoms with Crippen molar-refractivity contribution in [1.82, 2.24) is 9.47 Å². The third-order valence-electron chi connectivity index (χ3n) is 7.48. The van der Waals surface area contributed by atoms with Crippen molar-refractivity contribution in [2.24, 2.45) is 5.41 Å². The second kappa shape index (κ2) is 8.41. The van der Waals surface area contributed by atoms with Crippen LogP contribution in [0.2, 0.25) is 0 Å². The number of aromatic nitrogens is 1. The van der Waals surface area contributed by atoms with E-state index in [1.54, 1.807) is 6.07 Å². The molecular weight excluding hydrogens is 518 g/mol. The van der Waals surface area contributed by atoms with Gasteiger partial charge in [0.25, 0.3) is 0 Å². The molecule has 0 unspecified atom stereocenters. The van der Waals surface area contributed by atoms with Crippen LogP contribution in [0.25, 0.3) is 10.9 Å². The minimum Gasteiger partial charge on any atom is -0.382 e. The number of hydrogen-bond donors (Lipinski definition) is 1. The number of anilines is 1. The number of alkyl halides is 3. The first kappa shape index (κ1) is 21.8. The molecule has 2 aliphatic heterocycles. The average Bonchev–Trinajstić information content (AvgIpc) is 3.03. The molecule has 2 saturated heterocycles. The summed E-state index contributed by atoms with van der Waals surface area (Å²) in [6.07, 6.45) is 2.88. The Bertz CT molecular complexity index is 922. The van der Waals surface area contributed by atoms with Crippen molar-refractivity contribution in [3.63, 3.8) is 0 Å². The van der Waals surface area contributed by atoms with Crippen LogP contribution in [0.3, 0.4) is 0 Å². The smallest absolute Gasteiger partial charge is 0.382 e. The van der Waals surface area contributed by atoms with Crippen molar-refractivity contribution in [3.8, 4) is 0 Å². The Hall–Kier alpha value is -1.00. The molecule has 3 fully saturated rings. The summed E-state index contributed by atoms with van der Waals surface area (Å²) in [4.78, 5) is 2.68. The van der Waals surface area contributed by atoms with Gasteiger partial charge in [-0.1, -0.05) is 6.07 Å². The first-order valence-electron chi connectivity index (χ1n) is 11.2. The molecule has 0 amide bonds. The van der Waals surface area contributed by atoms with Gasteiger partial charge < -0.3 is 19.5 Å². The number of piperidine rings is 1. The minimum absolute atomic E-state index is 0.377. The lowest BCUT2D eigenvalue weighted by Crippen LogP contribution is -2.53. The van der Waals surface area contributed by atoms with Crippen molar-refractivity contribution in [2.45, 2.75) is 63.3 Å². The van der Waals surface area contributed by atoms with Crippen LogP contribution in [-0.2, 0) is 11.3 Å². The Morgan fingerprint density at radius 2 is 1.81 bits per heavy atom. The molecule has 1 spiro atoms. The molecule has 0 atom stereocenters. The van der Waals surface area contributed by atoms with Gasteiger partial charge in [0.1, 0.15) is 6.54 Å². The van der Waals surface area contributed by atoms with Crippen LogP contribution in [0.5, 0.6) is 0 Å². The highest BCUT2D eigenvalue weighted by atomic mass is 127. The Morgan fingerprint density at radius 1 is 1.10 bits per heavy atom. The fraction of sp³-hybridized carbons (Fsp3) is 0.652. The average molecular weight is 547 g/mol. The zero-order valence-corrected chi connectivity index (χ0v) is 19.7. The third-order valence-corrected chi connectivity index (χ3v) is 8.37. The summed E-state index contributed by atoms with van der Waals surface area (Å²) in [7, 11) is 0. The maximum Gasteiger partial charge on any atom is 0.406 e. The maximum absolute atomic E-state index is 13.0. The lowest BCUT2D eigenvalue weighted by molar-refractivity contribution is -0.143. The van der Waals surface area contributed by atoms with E-state index < -0.39 is 12.7 Å².